The van der Waals surface area contributed by atoms with Crippen LogP contribution in [0, 0.1) is 5.92 Å². The molecule has 0 heterocycles. The highest BCUT2D eigenvalue weighted by atomic mass is 16.1. The summed E-state index contributed by atoms with van der Waals surface area (Å²) >= 11 is 0. The van der Waals surface area contributed by atoms with Gasteiger partial charge in [-0.05, 0) is 19.3 Å². The van der Waals surface area contributed by atoms with Crippen LogP contribution < -0.4 is 0 Å². The fourth-order valence-electron chi connectivity index (χ4n) is 1.26. The summed E-state index contributed by atoms with van der Waals surface area (Å²) in [4.78, 5) is 11.2. The number of hydrogen-bond donors (Lipinski definition) is 0. The molecule has 0 atom stereocenters. The van der Waals surface area contributed by atoms with Gasteiger partial charge in [0.1, 0.15) is 5.78 Å². The molecule has 0 aromatic carbocycles. The van der Waals surface area contributed by atoms with Gasteiger partial charge in [0.25, 0.3) is 0 Å². The molecule has 0 aromatic rings. The number of unbranched alkanes of at least 4 members (excludes halogenated alkanes) is 3. The third-order valence-electron chi connectivity index (χ3n) is 2.34. The molecule has 0 aliphatic rings. The molecular weight excluding hydrogens is 172 g/mol. The van der Waals surface area contributed by atoms with E-state index >= 15 is 0 Å². The lowest BCUT2D eigenvalue weighted by Gasteiger charge is -2.00. The average molecular weight is 196 g/mol. The molecule has 14 heavy (non-hydrogen) atoms. The maximum atomic E-state index is 11.2. The number of hydrogen-bond acceptors (Lipinski definition) is 1. The van der Waals surface area contributed by atoms with Crippen molar-refractivity contribution < 1.29 is 4.79 Å². The minimum Gasteiger partial charge on any atom is -0.299 e. The Balaban J connectivity index is 3.31. The number of rotatable bonds is 8. The maximum absolute atomic E-state index is 11.2. The van der Waals surface area contributed by atoms with E-state index in [1.165, 1.54) is 25.7 Å². The highest BCUT2D eigenvalue weighted by molar-refractivity contribution is 5.80. The summed E-state index contributed by atoms with van der Waals surface area (Å²) in [6.07, 6.45) is 11.0. The van der Waals surface area contributed by atoms with E-state index < -0.39 is 0 Å². The Morgan fingerprint density at radius 1 is 1.14 bits per heavy atom. The number of carbonyl (C=O) groups excluding carboxylic acids is 1. The van der Waals surface area contributed by atoms with Gasteiger partial charge in [0.2, 0.25) is 0 Å². The molecule has 0 saturated heterocycles. The first kappa shape index (κ1) is 13.4. The fourth-order valence-corrected chi connectivity index (χ4v) is 1.26. The summed E-state index contributed by atoms with van der Waals surface area (Å²) in [6.45, 7) is 6.14. The van der Waals surface area contributed by atoms with Gasteiger partial charge in [0.15, 0.2) is 0 Å². The van der Waals surface area contributed by atoms with E-state index in [4.69, 9.17) is 0 Å². The standard InChI is InChI=1S/C13H24O/c1-4-5-6-7-8-9-10-11-13(14)12(2)3/h8-9,12H,4-7,10-11H2,1-3H3/b9-8+. The highest BCUT2D eigenvalue weighted by Gasteiger charge is 2.04. The van der Waals surface area contributed by atoms with Crippen LogP contribution in [0.5, 0.6) is 0 Å². The van der Waals surface area contributed by atoms with Gasteiger partial charge in [0, 0.05) is 12.3 Å². The minimum absolute atomic E-state index is 0.198. The SMILES string of the molecule is CCCCC/C=C/CCC(=O)C(C)C. The topological polar surface area (TPSA) is 17.1 Å². The van der Waals surface area contributed by atoms with Crippen molar-refractivity contribution in [2.45, 2.75) is 59.3 Å². The van der Waals surface area contributed by atoms with Crippen molar-refractivity contribution >= 4 is 5.78 Å². The average Bonchev–Trinajstić information content (AvgIpc) is 2.16. The van der Waals surface area contributed by atoms with Gasteiger partial charge in [-0.25, -0.2) is 0 Å². The van der Waals surface area contributed by atoms with Gasteiger partial charge in [-0.1, -0.05) is 45.8 Å². The van der Waals surface area contributed by atoms with Crippen LogP contribution in [0.3, 0.4) is 0 Å². The first-order chi connectivity index (χ1) is 6.68. The Morgan fingerprint density at radius 2 is 1.79 bits per heavy atom. The number of allylic oxidation sites excluding steroid dienone is 2. The molecule has 0 radical (unpaired) electrons. The lowest BCUT2D eigenvalue weighted by Crippen LogP contribution is -2.05. The second kappa shape index (κ2) is 8.98. The molecule has 0 spiro atoms. The molecule has 0 N–H and O–H groups in total. The Morgan fingerprint density at radius 3 is 2.36 bits per heavy atom. The van der Waals surface area contributed by atoms with Crippen LogP contribution in [-0.4, -0.2) is 5.78 Å². The predicted octanol–water partition coefficient (Wildman–Crippen LogP) is 4.13. The Kier molecular flexibility index (Phi) is 8.61. The third-order valence-corrected chi connectivity index (χ3v) is 2.34. The van der Waals surface area contributed by atoms with Gasteiger partial charge in [-0.2, -0.15) is 0 Å². The lowest BCUT2D eigenvalue weighted by atomic mass is 10.0. The number of carbonyl (C=O) groups is 1. The Labute approximate surface area is 88.6 Å². The maximum Gasteiger partial charge on any atom is 0.135 e. The molecule has 0 saturated carbocycles. The van der Waals surface area contributed by atoms with E-state index in [0.29, 0.717) is 12.2 Å². The Bertz CT molecular complexity index is 168. The molecule has 0 amide bonds. The summed E-state index contributed by atoms with van der Waals surface area (Å²) in [5, 5.41) is 0. The van der Waals surface area contributed by atoms with Crippen LogP contribution in [0.1, 0.15) is 59.3 Å². The molecular formula is C13H24O. The second-order valence-corrected chi connectivity index (χ2v) is 4.13. The largest absolute Gasteiger partial charge is 0.299 e. The molecule has 1 nitrogen and oxygen atoms in total. The van der Waals surface area contributed by atoms with Crippen molar-refractivity contribution in [3.63, 3.8) is 0 Å². The van der Waals surface area contributed by atoms with Gasteiger partial charge < -0.3 is 0 Å². The Hall–Kier alpha value is -0.590. The number of Topliss-reactive ketones (excluding diaryl/α,β-unsaturated/α-hetero) is 1. The van der Waals surface area contributed by atoms with Crippen molar-refractivity contribution in [1.82, 2.24) is 0 Å². The number of ketones is 1. The van der Waals surface area contributed by atoms with E-state index in [9.17, 15) is 4.79 Å². The van der Waals surface area contributed by atoms with E-state index in [1.807, 2.05) is 13.8 Å². The van der Waals surface area contributed by atoms with Crippen molar-refractivity contribution in [3.05, 3.63) is 12.2 Å². The monoisotopic (exact) mass is 196 g/mol. The van der Waals surface area contributed by atoms with Crippen molar-refractivity contribution in [2.75, 3.05) is 0 Å². The summed E-state index contributed by atoms with van der Waals surface area (Å²) in [5.74, 6) is 0.576. The van der Waals surface area contributed by atoms with Gasteiger partial charge in [-0.15, -0.1) is 0 Å². The quantitative estimate of drug-likeness (QED) is 0.421. The fraction of sp³-hybridized carbons (Fsp3) is 0.769. The van der Waals surface area contributed by atoms with E-state index in [1.54, 1.807) is 0 Å². The predicted molar refractivity (Wildman–Crippen MR) is 62.4 cm³/mol. The zero-order chi connectivity index (χ0) is 10.8. The van der Waals surface area contributed by atoms with Crippen LogP contribution in [0.25, 0.3) is 0 Å². The van der Waals surface area contributed by atoms with E-state index in [2.05, 4.69) is 19.1 Å². The molecule has 0 aliphatic heterocycles. The van der Waals surface area contributed by atoms with Crippen LogP contribution in [-0.2, 0) is 4.79 Å². The van der Waals surface area contributed by atoms with Crippen molar-refractivity contribution in [2.24, 2.45) is 5.92 Å². The molecule has 0 unspecified atom stereocenters. The molecule has 0 fully saturated rings. The highest BCUT2D eigenvalue weighted by Crippen LogP contribution is 2.04. The summed E-state index contributed by atoms with van der Waals surface area (Å²) in [7, 11) is 0. The molecule has 82 valence electrons. The zero-order valence-corrected chi connectivity index (χ0v) is 9.88. The molecule has 1 heteroatoms. The first-order valence-corrected chi connectivity index (χ1v) is 5.86. The van der Waals surface area contributed by atoms with E-state index in [-0.39, 0.29) is 5.92 Å². The van der Waals surface area contributed by atoms with E-state index in [0.717, 1.165) is 6.42 Å². The molecule has 0 aromatic heterocycles. The van der Waals surface area contributed by atoms with Gasteiger partial charge >= 0.3 is 0 Å². The van der Waals surface area contributed by atoms with Gasteiger partial charge in [-0.3, -0.25) is 4.79 Å². The zero-order valence-electron chi connectivity index (χ0n) is 9.88. The third kappa shape index (κ3) is 8.03. The normalized spacial score (nSPS) is 11.4. The molecule has 0 bridgehead atoms. The second-order valence-electron chi connectivity index (χ2n) is 4.13. The smallest absolute Gasteiger partial charge is 0.135 e. The molecule has 0 rings (SSSR count). The lowest BCUT2D eigenvalue weighted by molar-refractivity contribution is -0.121. The first-order valence-electron chi connectivity index (χ1n) is 5.86. The summed E-state index contributed by atoms with van der Waals surface area (Å²) < 4.78 is 0. The van der Waals surface area contributed by atoms with Gasteiger partial charge in [0.05, 0.1) is 0 Å². The van der Waals surface area contributed by atoms with Crippen LogP contribution in [0.2, 0.25) is 0 Å². The van der Waals surface area contributed by atoms with Crippen LogP contribution in [0.15, 0.2) is 12.2 Å². The summed E-state index contributed by atoms with van der Waals surface area (Å²) in [6, 6.07) is 0. The summed E-state index contributed by atoms with van der Waals surface area (Å²) in [5.41, 5.74) is 0. The minimum atomic E-state index is 0.198. The van der Waals surface area contributed by atoms with Crippen molar-refractivity contribution in [3.8, 4) is 0 Å². The van der Waals surface area contributed by atoms with Crippen LogP contribution in [0.4, 0.5) is 0 Å². The molecule has 0 aliphatic carbocycles. The van der Waals surface area contributed by atoms with Crippen molar-refractivity contribution in [1.29, 1.82) is 0 Å². The van der Waals surface area contributed by atoms with Crippen LogP contribution >= 0.6 is 0 Å².